The van der Waals surface area contributed by atoms with Crippen molar-refractivity contribution >= 4 is 17.7 Å². The Kier molecular flexibility index (Phi) is 11.5. The fraction of sp³-hybridized carbons (Fsp3) is 0.576. The van der Waals surface area contributed by atoms with Gasteiger partial charge in [0.15, 0.2) is 0 Å². The number of halogens is 7. The number of carbonyl (C=O) groups is 2. The zero-order valence-corrected chi connectivity index (χ0v) is 26.4. The monoisotopic (exact) mass is 676 g/mol. The van der Waals surface area contributed by atoms with E-state index in [1.165, 1.54) is 30.0 Å². The SMILES string of the molecule is CCCN(C[C@H]1CC[C@H](CC(=O)OCC)CC1)c1ccc(OC(F)(F)F)cc1CN1C(=O)O[C@H](c2cc(F)cc(C(F)(F)F)c2)[C@@H]1C. The fourth-order valence-corrected chi connectivity index (χ4v) is 6.44. The van der Waals surface area contributed by atoms with Gasteiger partial charge in [-0.1, -0.05) is 6.92 Å². The third-order valence-electron chi connectivity index (χ3n) is 8.63. The van der Waals surface area contributed by atoms with E-state index in [9.17, 15) is 40.3 Å². The number of rotatable bonds is 12. The molecule has 14 heteroatoms. The van der Waals surface area contributed by atoms with Gasteiger partial charge in [0.25, 0.3) is 0 Å². The molecule has 1 heterocycles. The summed E-state index contributed by atoms with van der Waals surface area (Å²) >= 11 is 0. The van der Waals surface area contributed by atoms with Crippen molar-refractivity contribution in [1.29, 1.82) is 0 Å². The van der Waals surface area contributed by atoms with Gasteiger partial charge in [-0.05, 0) is 105 Å². The summed E-state index contributed by atoms with van der Waals surface area (Å²) < 4.78 is 108. The van der Waals surface area contributed by atoms with Crippen LogP contribution in [0.4, 0.5) is 41.2 Å². The van der Waals surface area contributed by atoms with Crippen molar-refractivity contribution in [2.24, 2.45) is 11.8 Å². The van der Waals surface area contributed by atoms with Gasteiger partial charge in [-0.15, -0.1) is 13.2 Å². The maximum absolute atomic E-state index is 14.2. The third-order valence-corrected chi connectivity index (χ3v) is 8.63. The summed E-state index contributed by atoms with van der Waals surface area (Å²) in [6.45, 7) is 6.46. The van der Waals surface area contributed by atoms with Crippen molar-refractivity contribution < 1.29 is 54.5 Å². The van der Waals surface area contributed by atoms with Gasteiger partial charge in [0, 0.05) is 25.2 Å². The second kappa shape index (κ2) is 15.0. The highest BCUT2D eigenvalue weighted by atomic mass is 19.4. The predicted molar refractivity (Wildman–Crippen MR) is 158 cm³/mol. The van der Waals surface area contributed by atoms with Crippen LogP contribution < -0.4 is 9.64 Å². The van der Waals surface area contributed by atoms with E-state index < -0.39 is 47.9 Å². The Morgan fingerprint density at radius 3 is 2.30 bits per heavy atom. The number of amides is 1. The molecule has 2 aromatic rings. The first-order valence-electron chi connectivity index (χ1n) is 15.7. The second-order valence-electron chi connectivity index (χ2n) is 12.1. The molecule has 0 radical (unpaired) electrons. The smallest absolute Gasteiger partial charge is 0.466 e. The molecule has 47 heavy (non-hydrogen) atoms. The van der Waals surface area contributed by atoms with Crippen LogP contribution in [0.2, 0.25) is 0 Å². The summed E-state index contributed by atoms with van der Waals surface area (Å²) in [5.74, 6) is -1.40. The highest BCUT2D eigenvalue weighted by Gasteiger charge is 2.42. The van der Waals surface area contributed by atoms with Crippen LogP contribution in [0.3, 0.4) is 0 Å². The van der Waals surface area contributed by atoms with Gasteiger partial charge in [0.1, 0.15) is 17.7 Å². The number of ether oxygens (including phenoxy) is 3. The topological polar surface area (TPSA) is 68.3 Å². The second-order valence-corrected chi connectivity index (χ2v) is 12.1. The molecule has 2 atom stereocenters. The standard InChI is InChI=1S/C33H39F7N2O5/c1-4-12-41(18-22-8-6-21(7-9-22)13-29(43)45-5-2)28-11-10-27(47-33(38,39)40)16-24(28)19-42-20(3)30(46-31(42)44)23-14-25(32(35,36)37)17-26(34)15-23/h10-11,14-17,20-22,30H,4-9,12-13,18-19H2,1-3H3/t20-,21-,22-,30-/m0/s1. The Hall–Kier alpha value is -3.71. The summed E-state index contributed by atoms with van der Waals surface area (Å²) in [4.78, 5) is 28.2. The molecule has 7 nitrogen and oxygen atoms in total. The first-order valence-corrected chi connectivity index (χ1v) is 15.7. The number of cyclic esters (lactones) is 1. The van der Waals surface area contributed by atoms with Gasteiger partial charge in [-0.2, -0.15) is 13.2 Å². The van der Waals surface area contributed by atoms with Crippen molar-refractivity contribution in [3.8, 4) is 5.75 Å². The van der Waals surface area contributed by atoms with Crippen molar-refractivity contribution in [1.82, 2.24) is 4.90 Å². The Labute approximate surface area is 268 Å². The number of hydrogen-bond donors (Lipinski definition) is 0. The molecule has 2 aliphatic rings. The fourth-order valence-electron chi connectivity index (χ4n) is 6.44. The zero-order chi connectivity index (χ0) is 34.5. The lowest BCUT2D eigenvalue weighted by Gasteiger charge is -2.35. The van der Waals surface area contributed by atoms with E-state index in [0.29, 0.717) is 55.9 Å². The van der Waals surface area contributed by atoms with Crippen LogP contribution >= 0.6 is 0 Å². The van der Waals surface area contributed by atoms with Gasteiger partial charge >= 0.3 is 24.6 Å². The number of alkyl halides is 6. The van der Waals surface area contributed by atoms with Crippen molar-refractivity contribution in [3.05, 3.63) is 58.9 Å². The van der Waals surface area contributed by atoms with Crippen molar-refractivity contribution in [2.75, 3.05) is 24.6 Å². The van der Waals surface area contributed by atoms with Gasteiger partial charge in [0.2, 0.25) is 0 Å². The van der Waals surface area contributed by atoms with Gasteiger partial charge in [-0.3, -0.25) is 9.69 Å². The van der Waals surface area contributed by atoms with Crippen LogP contribution in [0.25, 0.3) is 0 Å². The Bertz CT molecular complexity index is 1390. The van der Waals surface area contributed by atoms with Gasteiger partial charge < -0.3 is 19.1 Å². The lowest BCUT2D eigenvalue weighted by atomic mass is 9.80. The van der Waals surface area contributed by atoms with Crippen LogP contribution in [0.5, 0.6) is 5.75 Å². The minimum atomic E-state index is -4.97. The highest BCUT2D eigenvalue weighted by molar-refractivity contribution is 5.72. The summed E-state index contributed by atoms with van der Waals surface area (Å²) in [5.41, 5.74) is -0.542. The summed E-state index contributed by atoms with van der Waals surface area (Å²) in [6.07, 6.45) is -7.52. The molecule has 1 aliphatic carbocycles. The van der Waals surface area contributed by atoms with Gasteiger partial charge in [-0.25, -0.2) is 9.18 Å². The Morgan fingerprint density at radius 1 is 1.00 bits per heavy atom. The van der Waals surface area contributed by atoms with Crippen LogP contribution in [0, 0.1) is 17.7 Å². The highest BCUT2D eigenvalue weighted by Crippen LogP contribution is 2.40. The number of esters is 1. The number of hydrogen-bond acceptors (Lipinski definition) is 6. The van der Waals surface area contributed by atoms with Crippen LogP contribution in [-0.4, -0.2) is 49.1 Å². The molecule has 2 aromatic carbocycles. The summed E-state index contributed by atoms with van der Waals surface area (Å²) in [5, 5.41) is 0. The Morgan fingerprint density at radius 2 is 1.68 bits per heavy atom. The predicted octanol–water partition coefficient (Wildman–Crippen LogP) is 8.80. The van der Waals surface area contributed by atoms with E-state index in [4.69, 9.17) is 9.47 Å². The van der Waals surface area contributed by atoms with Crippen molar-refractivity contribution in [3.63, 3.8) is 0 Å². The number of nitrogens with zero attached hydrogens (tertiary/aromatic N) is 2. The van der Waals surface area contributed by atoms with Crippen LogP contribution in [-0.2, 0) is 27.0 Å². The molecule has 1 aliphatic heterocycles. The summed E-state index contributed by atoms with van der Waals surface area (Å²) in [6, 6.07) is 4.93. The Balaban J connectivity index is 1.58. The molecule has 1 amide bonds. The molecular formula is C33H39F7N2O5. The molecule has 0 N–H and O–H groups in total. The maximum Gasteiger partial charge on any atom is 0.573 e. The largest absolute Gasteiger partial charge is 0.573 e. The molecule has 0 spiro atoms. The molecular weight excluding hydrogens is 637 g/mol. The average Bonchev–Trinajstić information content (AvgIpc) is 3.25. The van der Waals surface area contributed by atoms with Crippen molar-refractivity contribution in [2.45, 2.75) is 90.5 Å². The quantitative estimate of drug-likeness (QED) is 0.165. The lowest BCUT2D eigenvalue weighted by Crippen LogP contribution is -2.35. The molecule has 4 rings (SSSR count). The molecule has 1 saturated carbocycles. The number of anilines is 1. The van der Waals surface area contributed by atoms with E-state index in [1.54, 1.807) is 6.92 Å². The molecule has 0 aromatic heterocycles. The summed E-state index contributed by atoms with van der Waals surface area (Å²) in [7, 11) is 0. The number of benzene rings is 2. The molecule has 0 bridgehead atoms. The van der Waals surface area contributed by atoms with E-state index in [-0.39, 0.29) is 29.9 Å². The molecule has 2 fully saturated rings. The molecule has 0 unspecified atom stereocenters. The van der Waals surface area contributed by atoms with Crippen LogP contribution in [0.1, 0.15) is 82.1 Å². The molecule has 1 saturated heterocycles. The first kappa shape index (κ1) is 36.1. The normalized spacial score (nSPS) is 21.8. The first-order chi connectivity index (χ1) is 22.1. The van der Waals surface area contributed by atoms with E-state index >= 15 is 0 Å². The van der Waals surface area contributed by atoms with Crippen LogP contribution in [0.15, 0.2) is 36.4 Å². The minimum Gasteiger partial charge on any atom is -0.466 e. The van der Waals surface area contributed by atoms with Gasteiger partial charge in [0.05, 0.1) is 24.8 Å². The minimum absolute atomic E-state index is 0.193. The van der Waals surface area contributed by atoms with E-state index in [1.807, 2.05) is 6.92 Å². The zero-order valence-electron chi connectivity index (χ0n) is 26.4. The maximum atomic E-state index is 14.2. The third kappa shape index (κ3) is 9.66. The number of carbonyl (C=O) groups excluding carboxylic acids is 2. The van der Waals surface area contributed by atoms with E-state index in [0.717, 1.165) is 31.7 Å². The lowest BCUT2D eigenvalue weighted by molar-refractivity contribution is -0.274. The molecule has 260 valence electrons. The van der Waals surface area contributed by atoms with E-state index in [2.05, 4.69) is 9.64 Å². The average molecular weight is 677 g/mol.